The van der Waals surface area contributed by atoms with Gasteiger partial charge in [0.25, 0.3) is 0 Å². The Balaban J connectivity index is 2.59. The minimum absolute atomic E-state index is 0.181. The number of aliphatic hydroxyl groups excluding tert-OH is 1. The van der Waals surface area contributed by atoms with Gasteiger partial charge in [0, 0.05) is 0 Å². The molecule has 0 unspecified atom stereocenters. The maximum absolute atomic E-state index is 9.23. The van der Waals surface area contributed by atoms with Crippen LogP contribution in [0.4, 0.5) is 0 Å². The third-order valence-corrected chi connectivity index (χ3v) is 7.57. The Morgan fingerprint density at radius 2 is 1.93 bits per heavy atom. The average molecular weight is 230 g/mol. The molecule has 1 rings (SSSR count). The van der Waals surface area contributed by atoms with Gasteiger partial charge in [-0.15, -0.1) is 0 Å². The van der Waals surface area contributed by atoms with E-state index in [4.69, 9.17) is 9.16 Å². The van der Waals surface area contributed by atoms with Gasteiger partial charge in [-0.3, -0.25) is 0 Å². The molecule has 0 aromatic rings. The zero-order valence-corrected chi connectivity index (χ0v) is 11.3. The first-order valence-corrected chi connectivity index (χ1v) is 8.29. The van der Waals surface area contributed by atoms with Crippen LogP contribution in [-0.4, -0.2) is 32.4 Å². The van der Waals surface area contributed by atoms with Crippen molar-refractivity contribution < 1.29 is 14.3 Å². The van der Waals surface area contributed by atoms with Crippen molar-refractivity contribution in [3.8, 4) is 0 Å². The summed E-state index contributed by atoms with van der Waals surface area (Å²) in [7, 11) is -1.77. The van der Waals surface area contributed by atoms with Gasteiger partial charge in [0.05, 0.1) is 12.7 Å². The lowest BCUT2D eigenvalue weighted by Crippen LogP contribution is -2.45. The summed E-state index contributed by atoms with van der Waals surface area (Å²) in [6.45, 7) is 11.3. The van der Waals surface area contributed by atoms with Gasteiger partial charge in [0.2, 0.25) is 0 Å². The molecule has 1 aliphatic heterocycles. The van der Waals surface area contributed by atoms with E-state index in [-0.39, 0.29) is 11.3 Å². The fourth-order valence-corrected chi connectivity index (χ4v) is 2.14. The molecule has 0 spiro atoms. The molecule has 0 bridgehead atoms. The van der Waals surface area contributed by atoms with Gasteiger partial charge >= 0.3 is 0 Å². The highest BCUT2D eigenvalue weighted by Crippen LogP contribution is 2.37. The molecular formula is C11H22O3Si. The largest absolute Gasteiger partial charge is 0.389 e. The molecule has 0 fully saturated rings. The summed E-state index contributed by atoms with van der Waals surface area (Å²) in [4.78, 5) is 0. The highest BCUT2D eigenvalue weighted by Gasteiger charge is 2.39. The minimum atomic E-state index is -1.77. The van der Waals surface area contributed by atoms with Crippen molar-refractivity contribution in [2.24, 2.45) is 0 Å². The second kappa shape index (κ2) is 4.37. The van der Waals surface area contributed by atoms with Crippen LogP contribution in [0.15, 0.2) is 12.2 Å². The van der Waals surface area contributed by atoms with Gasteiger partial charge in [-0.1, -0.05) is 26.8 Å². The molecule has 0 aromatic carbocycles. The van der Waals surface area contributed by atoms with E-state index >= 15 is 0 Å². The van der Waals surface area contributed by atoms with Crippen LogP contribution in [0.25, 0.3) is 0 Å². The summed E-state index contributed by atoms with van der Waals surface area (Å²) in [6, 6.07) is 0. The van der Waals surface area contributed by atoms with E-state index < -0.39 is 14.4 Å². The molecule has 1 heterocycles. The maximum atomic E-state index is 9.23. The second-order valence-electron chi connectivity index (χ2n) is 5.53. The average Bonchev–Trinajstić information content (AvgIpc) is 2.06. The molecule has 0 aromatic heterocycles. The van der Waals surface area contributed by atoms with Gasteiger partial charge in [-0.2, -0.15) is 0 Å². The van der Waals surface area contributed by atoms with Crippen LogP contribution in [0.5, 0.6) is 0 Å². The molecule has 0 saturated carbocycles. The fourth-order valence-electron chi connectivity index (χ4n) is 1.06. The summed E-state index contributed by atoms with van der Waals surface area (Å²) in [5.74, 6) is 0. The number of hydrogen-bond acceptors (Lipinski definition) is 3. The summed E-state index contributed by atoms with van der Waals surface area (Å²) in [5, 5.41) is 9.41. The molecule has 4 heteroatoms. The molecular weight excluding hydrogens is 208 g/mol. The molecule has 15 heavy (non-hydrogen) atoms. The van der Waals surface area contributed by atoms with Crippen molar-refractivity contribution in [3.63, 3.8) is 0 Å². The highest BCUT2D eigenvalue weighted by molar-refractivity contribution is 6.74. The van der Waals surface area contributed by atoms with Crippen molar-refractivity contribution in [1.29, 1.82) is 0 Å². The van der Waals surface area contributed by atoms with Crippen LogP contribution in [-0.2, 0) is 9.16 Å². The first-order valence-electron chi connectivity index (χ1n) is 5.38. The number of rotatable bonds is 2. The predicted molar refractivity (Wildman–Crippen MR) is 63.2 cm³/mol. The normalized spacial score (nSPS) is 28.1. The molecule has 0 amide bonds. The first-order chi connectivity index (χ1) is 6.72. The fraction of sp³-hybridized carbons (Fsp3) is 0.818. The SMILES string of the molecule is CC(C)(C)[Si](C)(C)O[C@H]1C=C[C@@H](O)CO1. The van der Waals surface area contributed by atoms with Crippen molar-refractivity contribution in [3.05, 3.63) is 12.2 Å². The van der Waals surface area contributed by atoms with Crippen molar-refractivity contribution >= 4 is 8.32 Å². The zero-order valence-electron chi connectivity index (χ0n) is 10.3. The van der Waals surface area contributed by atoms with E-state index in [9.17, 15) is 5.11 Å². The van der Waals surface area contributed by atoms with E-state index in [2.05, 4.69) is 33.9 Å². The number of hydrogen-bond donors (Lipinski definition) is 1. The number of aliphatic hydroxyl groups is 1. The Morgan fingerprint density at radius 1 is 1.33 bits per heavy atom. The van der Waals surface area contributed by atoms with Crippen LogP contribution in [0, 0.1) is 0 Å². The zero-order chi connectivity index (χ0) is 11.7. The van der Waals surface area contributed by atoms with Crippen LogP contribution >= 0.6 is 0 Å². The topological polar surface area (TPSA) is 38.7 Å². The molecule has 2 atom stereocenters. The van der Waals surface area contributed by atoms with Crippen LogP contribution < -0.4 is 0 Å². The number of ether oxygens (including phenoxy) is 1. The Bertz CT molecular complexity index is 243. The maximum Gasteiger partial charge on any atom is 0.195 e. The highest BCUT2D eigenvalue weighted by atomic mass is 28.4. The van der Waals surface area contributed by atoms with E-state index in [0.29, 0.717) is 6.61 Å². The smallest absolute Gasteiger partial charge is 0.195 e. The Labute approximate surface area is 93.2 Å². The second-order valence-corrected chi connectivity index (χ2v) is 10.3. The minimum Gasteiger partial charge on any atom is -0.389 e. The van der Waals surface area contributed by atoms with Gasteiger partial charge in [0.15, 0.2) is 14.6 Å². The van der Waals surface area contributed by atoms with Gasteiger partial charge in [-0.05, 0) is 24.2 Å². The lowest BCUT2D eigenvalue weighted by Gasteiger charge is -2.39. The lowest BCUT2D eigenvalue weighted by molar-refractivity contribution is -0.0857. The monoisotopic (exact) mass is 230 g/mol. The molecule has 0 radical (unpaired) electrons. The van der Waals surface area contributed by atoms with Gasteiger partial charge in [-0.25, -0.2) is 0 Å². The lowest BCUT2D eigenvalue weighted by atomic mass is 10.2. The Morgan fingerprint density at radius 3 is 2.33 bits per heavy atom. The Hall–Kier alpha value is -0.163. The van der Waals surface area contributed by atoms with Gasteiger partial charge in [0.1, 0.15) is 0 Å². The van der Waals surface area contributed by atoms with Crippen molar-refractivity contribution in [2.45, 2.75) is 51.3 Å². The molecule has 1 aliphatic rings. The molecule has 1 N–H and O–H groups in total. The van der Waals surface area contributed by atoms with Gasteiger partial charge < -0.3 is 14.3 Å². The van der Waals surface area contributed by atoms with Crippen molar-refractivity contribution in [2.75, 3.05) is 6.61 Å². The van der Waals surface area contributed by atoms with E-state index in [1.807, 2.05) is 0 Å². The van der Waals surface area contributed by atoms with Crippen molar-refractivity contribution in [1.82, 2.24) is 0 Å². The van der Waals surface area contributed by atoms with E-state index in [1.54, 1.807) is 12.2 Å². The molecule has 3 nitrogen and oxygen atoms in total. The first kappa shape index (κ1) is 12.9. The standard InChI is InChI=1S/C11H22O3Si/c1-11(2,3)15(4,5)14-10-7-6-9(12)8-13-10/h6-7,9-10,12H,8H2,1-5H3/t9-,10+/m1/s1. The molecule has 88 valence electrons. The van der Waals surface area contributed by atoms with Crippen LogP contribution in [0.3, 0.4) is 0 Å². The predicted octanol–water partition coefficient (Wildman–Crippen LogP) is 2.28. The van der Waals surface area contributed by atoms with Crippen LogP contribution in [0.2, 0.25) is 18.1 Å². The quantitative estimate of drug-likeness (QED) is 0.584. The Kier molecular flexibility index (Phi) is 3.76. The third kappa shape index (κ3) is 3.41. The van der Waals surface area contributed by atoms with E-state index in [0.717, 1.165) is 0 Å². The summed E-state index contributed by atoms with van der Waals surface area (Å²) < 4.78 is 11.4. The summed E-state index contributed by atoms with van der Waals surface area (Å²) >= 11 is 0. The molecule has 0 saturated heterocycles. The summed E-state index contributed by atoms with van der Waals surface area (Å²) in [6.07, 6.45) is 2.77. The van der Waals surface area contributed by atoms with E-state index in [1.165, 1.54) is 0 Å². The van der Waals surface area contributed by atoms with Crippen LogP contribution in [0.1, 0.15) is 20.8 Å². The molecule has 0 aliphatic carbocycles. The third-order valence-electron chi connectivity index (χ3n) is 3.14. The summed E-state index contributed by atoms with van der Waals surface area (Å²) in [5.41, 5.74) is 0.